The van der Waals surface area contributed by atoms with Gasteiger partial charge in [0.25, 0.3) is 10.1 Å². The fourth-order valence-electron chi connectivity index (χ4n) is 3.18. The molecule has 1 saturated carbocycles. The minimum absolute atomic E-state index is 0.201. The molecular weight excluding hydrogens is 356 g/mol. The first-order valence-electron chi connectivity index (χ1n) is 8.59. The predicted molar refractivity (Wildman–Crippen MR) is 96.4 cm³/mol. The lowest BCUT2D eigenvalue weighted by atomic mass is 9.73. The second kappa shape index (κ2) is 9.17. The number of carbonyl (C=O) groups is 1. The molecular formula is C19H24O6S. The van der Waals surface area contributed by atoms with E-state index in [-0.39, 0.29) is 19.1 Å². The minimum atomic E-state index is -3.55. The second-order valence-electron chi connectivity index (χ2n) is 6.36. The minimum Gasteiger partial charge on any atom is -0.450 e. The van der Waals surface area contributed by atoms with E-state index in [4.69, 9.17) is 4.74 Å². The first-order valence-corrected chi connectivity index (χ1v) is 10.4. The maximum Gasteiger partial charge on any atom is 0.344 e. The predicted octanol–water partition coefficient (Wildman–Crippen LogP) is 1.98. The SMILES string of the molecule is CS(=O)(=O)OCC#CCOC(=O)[C@](O)(c1ccccc1)C1CCCCC1. The van der Waals surface area contributed by atoms with Crippen molar-refractivity contribution in [3.8, 4) is 11.8 Å². The zero-order valence-corrected chi connectivity index (χ0v) is 15.6. The molecule has 0 aromatic heterocycles. The van der Waals surface area contributed by atoms with Gasteiger partial charge in [-0.3, -0.25) is 4.18 Å². The third kappa shape index (κ3) is 5.56. The molecule has 1 aliphatic rings. The molecule has 0 radical (unpaired) electrons. The Bertz CT molecular complexity index is 756. The van der Waals surface area contributed by atoms with Crippen molar-refractivity contribution in [3.05, 3.63) is 35.9 Å². The lowest BCUT2D eigenvalue weighted by molar-refractivity contribution is -0.174. The van der Waals surface area contributed by atoms with Gasteiger partial charge in [-0.2, -0.15) is 8.42 Å². The Morgan fingerprint density at radius 2 is 1.77 bits per heavy atom. The fraction of sp³-hybridized carbons (Fsp3) is 0.526. The molecule has 0 aliphatic heterocycles. The molecule has 0 bridgehead atoms. The van der Waals surface area contributed by atoms with Crippen LogP contribution in [-0.4, -0.2) is 39.0 Å². The van der Waals surface area contributed by atoms with Crippen LogP contribution in [0.15, 0.2) is 30.3 Å². The monoisotopic (exact) mass is 380 g/mol. The highest BCUT2D eigenvalue weighted by atomic mass is 32.2. The summed E-state index contributed by atoms with van der Waals surface area (Å²) in [5, 5.41) is 11.3. The molecule has 0 spiro atoms. The highest BCUT2D eigenvalue weighted by Gasteiger charge is 2.46. The molecule has 1 N–H and O–H groups in total. The van der Waals surface area contributed by atoms with Crippen LogP contribution in [0, 0.1) is 17.8 Å². The second-order valence-corrected chi connectivity index (χ2v) is 8.01. The van der Waals surface area contributed by atoms with Gasteiger partial charge in [0.2, 0.25) is 0 Å². The van der Waals surface area contributed by atoms with Crippen LogP contribution in [0.1, 0.15) is 37.7 Å². The molecule has 1 aromatic carbocycles. The summed E-state index contributed by atoms with van der Waals surface area (Å²) in [6, 6.07) is 8.82. The third-order valence-corrected chi connectivity index (χ3v) is 5.01. The molecule has 2 rings (SSSR count). The molecule has 7 heteroatoms. The van der Waals surface area contributed by atoms with E-state index in [9.17, 15) is 18.3 Å². The quantitative estimate of drug-likeness (QED) is 0.461. The van der Waals surface area contributed by atoms with Gasteiger partial charge in [-0.1, -0.05) is 61.4 Å². The van der Waals surface area contributed by atoms with Gasteiger partial charge in [0, 0.05) is 5.92 Å². The molecule has 26 heavy (non-hydrogen) atoms. The van der Waals surface area contributed by atoms with Crippen LogP contribution in [0.4, 0.5) is 0 Å². The highest BCUT2D eigenvalue weighted by molar-refractivity contribution is 7.86. The number of aliphatic hydroxyl groups is 1. The molecule has 0 amide bonds. The fourth-order valence-corrected chi connectivity index (χ4v) is 3.46. The van der Waals surface area contributed by atoms with Crippen molar-refractivity contribution in [2.24, 2.45) is 5.92 Å². The molecule has 142 valence electrons. The molecule has 0 saturated heterocycles. The Morgan fingerprint density at radius 3 is 2.38 bits per heavy atom. The third-order valence-electron chi connectivity index (χ3n) is 4.47. The summed E-state index contributed by atoms with van der Waals surface area (Å²) in [6.45, 7) is -0.546. The Morgan fingerprint density at radius 1 is 1.15 bits per heavy atom. The first kappa shape index (κ1) is 20.4. The summed E-state index contributed by atoms with van der Waals surface area (Å²) in [6.07, 6.45) is 5.48. The summed E-state index contributed by atoms with van der Waals surface area (Å²) in [5.74, 6) is 4.05. The number of ether oxygens (including phenoxy) is 1. The van der Waals surface area contributed by atoms with Crippen molar-refractivity contribution < 1.29 is 27.2 Å². The van der Waals surface area contributed by atoms with Crippen LogP contribution in [0.2, 0.25) is 0 Å². The summed E-state index contributed by atoms with van der Waals surface area (Å²) in [7, 11) is -3.55. The highest BCUT2D eigenvalue weighted by Crippen LogP contribution is 2.40. The number of benzene rings is 1. The number of esters is 1. The van der Waals surface area contributed by atoms with Gasteiger partial charge >= 0.3 is 5.97 Å². The molecule has 1 atom stereocenters. The average Bonchev–Trinajstić information content (AvgIpc) is 2.64. The van der Waals surface area contributed by atoms with Crippen LogP contribution in [0.25, 0.3) is 0 Å². The van der Waals surface area contributed by atoms with Gasteiger partial charge in [0.15, 0.2) is 12.2 Å². The van der Waals surface area contributed by atoms with Crippen molar-refractivity contribution in [3.63, 3.8) is 0 Å². The molecule has 6 nitrogen and oxygen atoms in total. The smallest absolute Gasteiger partial charge is 0.344 e. The number of hydrogen-bond donors (Lipinski definition) is 1. The van der Waals surface area contributed by atoms with Crippen LogP contribution >= 0.6 is 0 Å². The Hall–Kier alpha value is -1.88. The van der Waals surface area contributed by atoms with E-state index in [1.807, 2.05) is 6.07 Å². The summed E-state index contributed by atoms with van der Waals surface area (Å²) in [4.78, 5) is 12.7. The van der Waals surface area contributed by atoms with Crippen molar-refractivity contribution in [2.75, 3.05) is 19.5 Å². The van der Waals surface area contributed by atoms with E-state index in [2.05, 4.69) is 16.0 Å². The topological polar surface area (TPSA) is 89.9 Å². The van der Waals surface area contributed by atoms with E-state index in [0.717, 1.165) is 38.4 Å². The van der Waals surface area contributed by atoms with E-state index in [1.54, 1.807) is 24.3 Å². The zero-order valence-electron chi connectivity index (χ0n) is 14.8. The lowest BCUT2D eigenvalue weighted by Crippen LogP contribution is -2.45. The lowest BCUT2D eigenvalue weighted by Gasteiger charge is -2.36. The standard InChI is InChI=1S/C19H24O6S/c1-26(22,23)25-15-9-8-14-24-18(20)19(21,16-10-4-2-5-11-16)17-12-6-3-7-13-17/h2,4-5,10-11,17,21H,3,6-7,12-15H2,1H3/t19-/m0/s1. The number of hydrogen-bond acceptors (Lipinski definition) is 6. The van der Waals surface area contributed by atoms with Gasteiger partial charge in [-0.25, -0.2) is 4.79 Å². The maximum absolute atomic E-state index is 12.7. The molecule has 0 unspecified atom stereocenters. The van der Waals surface area contributed by atoms with Crippen LogP contribution in [0.5, 0.6) is 0 Å². The van der Waals surface area contributed by atoms with Gasteiger partial charge in [-0.15, -0.1) is 0 Å². The van der Waals surface area contributed by atoms with Gasteiger partial charge in [-0.05, 0) is 18.4 Å². The average molecular weight is 380 g/mol. The van der Waals surface area contributed by atoms with Crippen LogP contribution < -0.4 is 0 Å². The summed E-state index contributed by atoms with van der Waals surface area (Å²) < 4.78 is 31.3. The van der Waals surface area contributed by atoms with Crippen molar-refractivity contribution in [1.29, 1.82) is 0 Å². The Labute approximate surface area is 154 Å². The van der Waals surface area contributed by atoms with E-state index in [0.29, 0.717) is 5.56 Å². The molecule has 1 aliphatic carbocycles. The van der Waals surface area contributed by atoms with Crippen LogP contribution in [-0.2, 0) is 29.4 Å². The largest absolute Gasteiger partial charge is 0.450 e. The van der Waals surface area contributed by atoms with Gasteiger partial charge in [0.1, 0.15) is 6.61 Å². The zero-order chi connectivity index (χ0) is 19.0. The number of rotatable bonds is 6. The molecule has 1 aromatic rings. The normalized spacial score (nSPS) is 17.6. The van der Waals surface area contributed by atoms with Gasteiger partial charge < -0.3 is 9.84 Å². The van der Waals surface area contributed by atoms with E-state index < -0.39 is 21.7 Å². The number of carbonyl (C=O) groups excluding carboxylic acids is 1. The van der Waals surface area contributed by atoms with E-state index >= 15 is 0 Å². The van der Waals surface area contributed by atoms with Crippen molar-refractivity contribution in [1.82, 2.24) is 0 Å². The molecule has 0 heterocycles. The Kier molecular flexibility index (Phi) is 7.21. The van der Waals surface area contributed by atoms with Crippen molar-refractivity contribution in [2.45, 2.75) is 37.7 Å². The molecule has 1 fully saturated rings. The van der Waals surface area contributed by atoms with E-state index in [1.165, 1.54) is 0 Å². The Balaban J connectivity index is 2.06. The van der Waals surface area contributed by atoms with Crippen molar-refractivity contribution >= 4 is 16.1 Å². The summed E-state index contributed by atoms with van der Waals surface area (Å²) in [5.41, 5.74) is -1.18. The van der Waals surface area contributed by atoms with Crippen LogP contribution in [0.3, 0.4) is 0 Å². The summed E-state index contributed by atoms with van der Waals surface area (Å²) >= 11 is 0. The van der Waals surface area contributed by atoms with Gasteiger partial charge in [0.05, 0.1) is 6.26 Å². The first-order chi connectivity index (χ1) is 12.3. The maximum atomic E-state index is 12.7.